The van der Waals surface area contributed by atoms with E-state index < -0.39 is 0 Å². The van der Waals surface area contributed by atoms with Crippen molar-refractivity contribution in [2.75, 3.05) is 13.2 Å². The lowest BCUT2D eigenvalue weighted by Gasteiger charge is -2.39. The van der Waals surface area contributed by atoms with Gasteiger partial charge in [-0.25, -0.2) is 0 Å². The number of hydrogen-bond donors (Lipinski definition) is 0. The standard InChI is InChI=1S/C15H26O2/c1-12-6-5-8-14(2,3)13(12)7-9-15(4)16-10-11-17-15/h6,13H,5,7-11H2,1-4H3. The van der Waals surface area contributed by atoms with Gasteiger partial charge in [-0.15, -0.1) is 0 Å². The zero-order chi connectivity index (χ0) is 12.5. The quantitative estimate of drug-likeness (QED) is 0.694. The second kappa shape index (κ2) is 4.74. The summed E-state index contributed by atoms with van der Waals surface area (Å²) >= 11 is 0. The highest BCUT2D eigenvalue weighted by Gasteiger charge is 2.37. The first-order valence-corrected chi connectivity index (χ1v) is 6.88. The third kappa shape index (κ3) is 2.92. The number of ether oxygens (including phenoxy) is 2. The average Bonchev–Trinajstić information content (AvgIpc) is 2.64. The highest BCUT2D eigenvalue weighted by molar-refractivity contribution is 5.12. The van der Waals surface area contributed by atoms with Crippen molar-refractivity contribution in [2.45, 2.75) is 59.2 Å². The summed E-state index contributed by atoms with van der Waals surface area (Å²) < 4.78 is 11.4. The molecule has 0 aromatic carbocycles. The van der Waals surface area contributed by atoms with Gasteiger partial charge in [0.2, 0.25) is 0 Å². The zero-order valence-corrected chi connectivity index (χ0v) is 11.7. The lowest BCUT2D eigenvalue weighted by atomic mass is 9.67. The van der Waals surface area contributed by atoms with Crippen molar-refractivity contribution in [1.82, 2.24) is 0 Å². The van der Waals surface area contributed by atoms with E-state index >= 15 is 0 Å². The van der Waals surface area contributed by atoms with Crippen LogP contribution in [0.3, 0.4) is 0 Å². The van der Waals surface area contributed by atoms with Crippen molar-refractivity contribution in [3.8, 4) is 0 Å². The monoisotopic (exact) mass is 238 g/mol. The van der Waals surface area contributed by atoms with Crippen LogP contribution < -0.4 is 0 Å². The van der Waals surface area contributed by atoms with E-state index in [2.05, 4.69) is 33.8 Å². The maximum Gasteiger partial charge on any atom is 0.165 e. The van der Waals surface area contributed by atoms with Crippen LogP contribution in [-0.2, 0) is 9.47 Å². The molecule has 0 spiro atoms. The lowest BCUT2D eigenvalue weighted by molar-refractivity contribution is -0.150. The molecule has 1 unspecified atom stereocenters. The van der Waals surface area contributed by atoms with Crippen LogP contribution in [0.5, 0.6) is 0 Å². The number of hydrogen-bond acceptors (Lipinski definition) is 2. The zero-order valence-electron chi connectivity index (χ0n) is 11.7. The van der Waals surface area contributed by atoms with Gasteiger partial charge in [-0.1, -0.05) is 25.5 Å². The van der Waals surface area contributed by atoms with Gasteiger partial charge in [-0.05, 0) is 44.4 Å². The van der Waals surface area contributed by atoms with Gasteiger partial charge in [0, 0.05) is 6.42 Å². The Morgan fingerprint density at radius 3 is 2.47 bits per heavy atom. The van der Waals surface area contributed by atoms with E-state index in [4.69, 9.17) is 9.47 Å². The van der Waals surface area contributed by atoms with Crippen LogP contribution >= 0.6 is 0 Å². The van der Waals surface area contributed by atoms with Gasteiger partial charge in [-0.2, -0.15) is 0 Å². The molecule has 1 saturated heterocycles. The molecule has 0 saturated carbocycles. The molecule has 0 bridgehead atoms. The molecule has 0 N–H and O–H groups in total. The van der Waals surface area contributed by atoms with Crippen LogP contribution in [0.25, 0.3) is 0 Å². The molecule has 0 amide bonds. The van der Waals surface area contributed by atoms with Crippen LogP contribution in [0, 0.1) is 11.3 Å². The first kappa shape index (κ1) is 13.1. The van der Waals surface area contributed by atoms with Crippen molar-refractivity contribution < 1.29 is 9.47 Å². The Bertz CT molecular complexity index is 298. The molecular formula is C15H26O2. The van der Waals surface area contributed by atoms with Gasteiger partial charge in [0.25, 0.3) is 0 Å². The second-order valence-corrected chi connectivity index (χ2v) is 6.40. The molecule has 1 atom stereocenters. The molecule has 1 heterocycles. The number of rotatable bonds is 3. The van der Waals surface area contributed by atoms with Crippen LogP contribution in [0.2, 0.25) is 0 Å². The molecule has 17 heavy (non-hydrogen) atoms. The summed E-state index contributed by atoms with van der Waals surface area (Å²) in [5, 5.41) is 0. The summed E-state index contributed by atoms with van der Waals surface area (Å²) in [6.07, 6.45) is 7.12. The van der Waals surface area contributed by atoms with Gasteiger partial charge in [0.05, 0.1) is 13.2 Å². The van der Waals surface area contributed by atoms with Crippen LogP contribution in [-0.4, -0.2) is 19.0 Å². The predicted molar refractivity (Wildman–Crippen MR) is 69.8 cm³/mol. The first-order chi connectivity index (χ1) is 7.93. The summed E-state index contributed by atoms with van der Waals surface area (Å²) in [4.78, 5) is 0. The molecule has 0 aromatic rings. The maximum atomic E-state index is 5.69. The van der Waals surface area contributed by atoms with Gasteiger partial charge in [-0.3, -0.25) is 0 Å². The molecule has 2 heteroatoms. The topological polar surface area (TPSA) is 18.5 Å². The molecule has 1 fully saturated rings. The molecule has 98 valence electrons. The highest BCUT2D eigenvalue weighted by atomic mass is 16.7. The summed E-state index contributed by atoms with van der Waals surface area (Å²) in [5.74, 6) is 0.356. The largest absolute Gasteiger partial charge is 0.348 e. The summed E-state index contributed by atoms with van der Waals surface area (Å²) in [6, 6.07) is 0. The fraction of sp³-hybridized carbons (Fsp3) is 0.867. The van der Waals surface area contributed by atoms with Gasteiger partial charge in [0.15, 0.2) is 5.79 Å². The third-order valence-electron chi connectivity index (χ3n) is 4.53. The first-order valence-electron chi connectivity index (χ1n) is 6.88. The molecule has 1 aliphatic carbocycles. The molecule has 0 aromatic heterocycles. The number of allylic oxidation sites excluding steroid dienone is 2. The minimum Gasteiger partial charge on any atom is -0.348 e. The van der Waals surface area contributed by atoms with Crippen LogP contribution in [0.15, 0.2) is 11.6 Å². The smallest absolute Gasteiger partial charge is 0.165 e. The van der Waals surface area contributed by atoms with Crippen molar-refractivity contribution in [3.63, 3.8) is 0 Å². The average molecular weight is 238 g/mol. The van der Waals surface area contributed by atoms with E-state index in [1.54, 1.807) is 5.57 Å². The van der Waals surface area contributed by atoms with Gasteiger partial charge >= 0.3 is 0 Å². The molecule has 2 rings (SSSR count). The Balaban J connectivity index is 1.97. The Kier molecular flexibility index (Phi) is 3.65. The minimum atomic E-state index is -0.326. The van der Waals surface area contributed by atoms with Gasteiger partial charge < -0.3 is 9.47 Å². The van der Waals surface area contributed by atoms with E-state index in [9.17, 15) is 0 Å². The highest BCUT2D eigenvalue weighted by Crippen LogP contribution is 2.44. The van der Waals surface area contributed by atoms with E-state index in [-0.39, 0.29) is 5.79 Å². The van der Waals surface area contributed by atoms with E-state index in [0.717, 1.165) is 19.6 Å². The van der Waals surface area contributed by atoms with E-state index in [1.165, 1.54) is 19.3 Å². The Labute approximate surface area is 105 Å². The lowest BCUT2D eigenvalue weighted by Crippen LogP contribution is -2.32. The van der Waals surface area contributed by atoms with Crippen molar-refractivity contribution >= 4 is 0 Å². The Morgan fingerprint density at radius 2 is 1.88 bits per heavy atom. The molecule has 2 aliphatic rings. The minimum absolute atomic E-state index is 0.326. The molecule has 0 radical (unpaired) electrons. The van der Waals surface area contributed by atoms with Crippen molar-refractivity contribution in [3.05, 3.63) is 11.6 Å². The fourth-order valence-electron chi connectivity index (χ4n) is 3.33. The Morgan fingerprint density at radius 1 is 1.24 bits per heavy atom. The summed E-state index contributed by atoms with van der Waals surface area (Å²) in [7, 11) is 0. The SMILES string of the molecule is CC1=CCCC(C)(C)C1CCC1(C)OCCO1. The van der Waals surface area contributed by atoms with Crippen LogP contribution in [0.1, 0.15) is 53.4 Å². The summed E-state index contributed by atoms with van der Waals surface area (Å²) in [5.41, 5.74) is 1.98. The van der Waals surface area contributed by atoms with Gasteiger partial charge in [0.1, 0.15) is 0 Å². The molecule has 1 aliphatic heterocycles. The van der Waals surface area contributed by atoms with Crippen LogP contribution in [0.4, 0.5) is 0 Å². The third-order valence-corrected chi connectivity index (χ3v) is 4.53. The van der Waals surface area contributed by atoms with E-state index in [1.807, 2.05) is 0 Å². The molecule has 2 nitrogen and oxygen atoms in total. The predicted octanol–water partition coefficient (Wildman–Crippen LogP) is 3.91. The Hall–Kier alpha value is -0.340. The second-order valence-electron chi connectivity index (χ2n) is 6.40. The normalized spacial score (nSPS) is 31.3. The fourth-order valence-corrected chi connectivity index (χ4v) is 3.33. The summed E-state index contributed by atoms with van der Waals surface area (Å²) in [6.45, 7) is 10.7. The van der Waals surface area contributed by atoms with E-state index in [0.29, 0.717) is 11.3 Å². The molecular weight excluding hydrogens is 212 g/mol. The van der Waals surface area contributed by atoms with Crippen molar-refractivity contribution in [1.29, 1.82) is 0 Å². The van der Waals surface area contributed by atoms with Crippen molar-refractivity contribution in [2.24, 2.45) is 11.3 Å². The maximum absolute atomic E-state index is 5.69.